The molecular formula is C19H20Cl2N2. The summed E-state index contributed by atoms with van der Waals surface area (Å²) in [5.41, 5.74) is 2.41. The molecule has 0 bridgehead atoms. The average Bonchev–Trinajstić information content (AvgIpc) is 3.37. The van der Waals surface area contributed by atoms with E-state index in [0.29, 0.717) is 0 Å². The standard InChI is InChI=1S/C19H20Cl2N2/c20-17-7-3-14(4-8-17)11-19(16-5-9-18(21)10-6-16)23(13-22)12-15-1-2-15/h3-10,13,15,19,22H,1-2,11-12H2. The van der Waals surface area contributed by atoms with Crippen LogP contribution in [0, 0.1) is 11.3 Å². The smallest absolute Gasteiger partial charge is 0.0822 e. The average molecular weight is 347 g/mol. The second-order valence-electron chi connectivity index (χ2n) is 6.17. The van der Waals surface area contributed by atoms with Gasteiger partial charge < -0.3 is 4.90 Å². The first-order chi connectivity index (χ1) is 11.2. The Labute approximate surface area is 147 Å². The largest absolute Gasteiger partial charge is 0.355 e. The number of hydrogen-bond acceptors (Lipinski definition) is 1. The van der Waals surface area contributed by atoms with Crippen molar-refractivity contribution in [3.05, 3.63) is 69.7 Å². The summed E-state index contributed by atoms with van der Waals surface area (Å²) in [6, 6.07) is 16.1. The zero-order valence-electron chi connectivity index (χ0n) is 12.9. The molecule has 0 radical (unpaired) electrons. The third-order valence-corrected chi connectivity index (χ3v) is 4.83. The van der Waals surface area contributed by atoms with Gasteiger partial charge in [0, 0.05) is 16.6 Å². The Morgan fingerprint density at radius 3 is 2.09 bits per heavy atom. The Balaban J connectivity index is 1.85. The van der Waals surface area contributed by atoms with Gasteiger partial charge in [0.2, 0.25) is 0 Å². The topological polar surface area (TPSA) is 27.1 Å². The number of halogens is 2. The minimum atomic E-state index is 0.145. The van der Waals surface area contributed by atoms with Crippen LogP contribution in [0.5, 0.6) is 0 Å². The molecule has 120 valence electrons. The van der Waals surface area contributed by atoms with Crippen molar-refractivity contribution in [1.82, 2.24) is 4.90 Å². The summed E-state index contributed by atoms with van der Waals surface area (Å²) in [7, 11) is 0. The summed E-state index contributed by atoms with van der Waals surface area (Å²) < 4.78 is 0. The molecule has 1 saturated carbocycles. The van der Waals surface area contributed by atoms with E-state index in [9.17, 15) is 0 Å². The van der Waals surface area contributed by atoms with Gasteiger partial charge in [0.15, 0.2) is 0 Å². The lowest BCUT2D eigenvalue weighted by molar-refractivity contribution is 0.309. The zero-order valence-corrected chi connectivity index (χ0v) is 14.4. The third-order valence-electron chi connectivity index (χ3n) is 4.33. The molecule has 2 aromatic rings. The SMILES string of the molecule is N=CN(CC1CC1)C(Cc1ccc(Cl)cc1)c1ccc(Cl)cc1. The number of rotatable bonds is 7. The summed E-state index contributed by atoms with van der Waals surface area (Å²) in [4.78, 5) is 2.15. The van der Waals surface area contributed by atoms with Crippen molar-refractivity contribution in [1.29, 1.82) is 5.41 Å². The predicted molar refractivity (Wildman–Crippen MR) is 97.6 cm³/mol. The van der Waals surface area contributed by atoms with Gasteiger partial charge in [-0.05, 0) is 60.6 Å². The quantitative estimate of drug-likeness (QED) is 0.512. The van der Waals surface area contributed by atoms with Crippen molar-refractivity contribution < 1.29 is 0 Å². The summed E-state index contributed by atoms with van der Waals surface area (Å²) in [6.07, 6.45) is 4.88. The molecule has 1 aliphatic carbocycles. The van der Waals surface area contributed by atoms with E-state index in [4.69, 9.17) is 28.6 Å². The molecule has 0 aliphatic heterocycles. The van der Waals surface area contributed by atoms with Gasteiger partial charge in [0.05, 0.1) is 12.4 Å². The van der Waals surface area contributed by atoms with Gasteiger partial charge in [0.25, 0.3) is 0 Å². The van der Waals surface area contributed by atoms with Gasteiger partial charge >= 0.3 is 0 Å². The van der Waals surface area contributed by atoms with Crippen molar-refractivity contribution in [2.45, 2.75) is 25.3 Å². The fourth-order valence-corrected chi connectivity index (χ4v) is 3.08. The molecular weight excluding hydrogens is 327 g/mol. The van der Waals surface area contributed by atoms with Crippen LogP contribution < -0.4 is 0 Å². The normalized spacial score (nSPS) is 15.2. The third kappa shape index (κ3) is 4.49. The molecule has 1 unspecified atom stereocenters. The maximum Gasteiger partial charge on any atom is 0.0822 e. The van der Waals surface area contributed by atoms with Crippen LogP contribution in [0.25, 0.3) is 0 Å². The molecule has 0 spiro atoms. The van der Waals surface area contributed by atoms with E-state index in [-0.39, 0.29) is 6.04 Å². The highest BCUT2D eigenvalue weighted by Crippen LogP contribution is 2.33. The fourth-order valence-electron chi connectivity index (χ4n) is 2.82. The van der Waals surface area contributed by atoms with E-state index < -0.39 is 0 Å². The summed E-state index contributed by atoms with van der Waals surface area (Å²) >= 11 is 12.0. The molecule has 2 aromatic carbocycles. The Bertz CT molecular complexity index is 648. The second-order valence-corrected chi connectivity index (χ2v) is 7.04. The van der Waals surface area contributed by atoms with E-state index in [1.165, 1.54) is 30.3 Å². The number of nitrogens with zero attached hydrogens (tertiary/aromatic N) is 1. The number of nitrogens with one attached hydrogen (secondary N) is 1. The van der Waals surface area contributed by atoms with Crippen LogP contribution in [0.3, 0.4) is 0 Å². The molecule has 1 atom stereocenters. The minimum absolute atomic E-state index is 0.145. The first-order valence-electron chi connectivity index (χ1n) is 7.92. The molecule has 2 nitrogen and oxygen atoms in total. The maximum absolute atomic E-state index is 7.86. The first kappa shape index (κ1) is 16.4. The van der Waals surface area contributed by atoms with E-state index in [2.05, 4.69) is 29.2 Å². The van der Waals surface area contributed by atoms with Crippen molar-refractivity contribution in [2.75, 3.05) is 6.54 Å². The summed E-state index contributed by atoms with van der Waals surface area (Å²) in [6.45, 7) is 0.949. The molecule has 1 N–H and O–H groups in total. The van der Waals surface area contributed by atoms with E-state index in [1.54, 1.807) is 0 Å². The molecule has 1 aliphatic rings. The second kappa shape index (κ2) is 7.37. The van der Waals surface area contributed by atoms with Crippen LogP contribution in [0.1, 0.15) is 30.0 Å². The molecule has 0 amide bonds. The molecule has 0 saturated heterocycles. The first-order valence-corrected chi connectivity index (χ1v) is 8.67. The van der Waals surface area contributed by atoms with E-state index >= 15 is 0 Å². The van der Waals surface area contributed by atoms with Gasteiger partial charge in [-0.2, -0.15) is 0 Å². The lowest BCUT2D eigenvalue weighted by Crippen LogP contribution is -2.30. The lowest BCUT2D eigenvalue weighted by Gasteiger charge is -2.30. The molecule has 23 heavy (non-hydrogen) atoms. The molecule has 4 heteroatoms. The highest BCUT2D eigenvalue weighted by atomic mass is 35.5. The zero-order chi connectivity index (χ0) is 16.2. The highest BCUT2D eigenvalue weighted by molar-refractivity contribution is 6.30. The van der Waals surface area contributed by atoms with Gasteiger partial charge in [-0.25, -0.2) is 0 Å². The Kier molecular flexibility index (Phi) is 5.24. The Morgan fingerprint density at radius 1 is 1.00 bits per heavy atom. The predicted octanol–water partition coefficient (Wildman–Crippen LogP) is 5.60. The van der Waals surface area contributed by atoms with E-state index in [0.717, 1.165) is 28.9 Å². The van der Waals surface area contributed by atoms with Crippen molar-refractivity contribution in [3.63, 3.8) is 0 Å². The van der Waals surface area contributed by atoms with Crippen LogP contribution in [0.4, 0.5) is 0 Å². The van der Waals surface area contributed by atoms with Crippen LogP contribution in [-0.2, 0) is 6.42 Å². The lowest BCUT2D eigenvalue weighted by atomic mass is 9.97. The molecule has 0 heterocycles. The van der Waals surface area contributed by atoms with Gasteiger partial charge in [-0.15, -0.1) is 0 Å². The summed E-state index contributed by atoms with van der Waals surface area (Å²) in [5.74, 6) is 0.733. The van der Waals surface area contributed by atoms with Gasteiger partial charge in [-0.1, -0.05) is 47.5 Å². The molecule has 0 aromatic heterocycles. The van der Waals surface area contributed by atoms with Crippen molar-refractivity contribution in [3.8, 4) is 0 Å². The van der Waals surface area contributed by atoms with Crippen LogP contribution >= 0.6 is 23.2 Å². The molecule has 3 rings (SSSR count). The minimum Gasteiger partial charge on any atom is -0.355 e. The summed E-state index contributed by atoms with van der Waals surface area (Å²) in [5, 5.41) is 9.34. The van der Waals surface area contributed by atoms with E-state index in [1.807, 2.05) is 24.3 Å². The fraction of sp³-hybridized carbons (Fsp3) is 0.316. The van der Waals surface area contributed by atoms with Crippen LogP contribution in [0.15, 0.2) is 48.5 Å². The number of benzene rings is 2. The highest BCUT2D eigenvalue weighted by Gasteiger charge is 2.27. The van der Waals surface area contributed by atoms with Gasteiger partial charge in [0.1, 0.15) is 0 Å². The van der Waals surface area contributed by atoms with Crippen LogP contribution in [-0.4, -0.2) is 17.8 Å². The maximum atomic E-state index is 7.86. The van der Waals surface area contributed by atoms with Crippen molar-refractivity contribution >= 4 is 29.5 Å². The van der Waals surface area contributed by atoms with Gasteiger partial charge in [-0.3, -0.25) is 5.41 Å². The molecule has 1 fully saturated rings. The van der Waals surface area contributed by atoms with Crippen LogP contribution in [0.2, 0.25) is 10.0 Å². The Hall–Kier alpha value is -1.51. The Morgan fingerprint density at radius 2 is 1.57 bits per heavy atom. The monoisotopic (exact) mass is 346 g/mol. The number of hydrogen-bond donors (Lipinski definition) is 1. The van der Waals surface area contributed by atoms with Crippen molar-refractivity contribution in [2.24, 2.45) is 5.92 Å².